The van der Waals surface area contributed by atoms with Gasteiger partial charge in [0.25, 0.3) is 10.0 Å². The topological polar surface area (TPSA) is 92.3 Å². The summed E-state index contributed by atoms with van der Waals surface area (Å²) >= 11 is 6.78. The zero-order valence-electron chi connectivity index (χ0n) is 16.2. The third-order valence-electron chi connectivity index (χ3n) is 4.55. The Labute approximate surface area is 187 Å². The van der Waals surface area contributed by atoms with Crippen molar-refractivity contribution in [2.75, 3.05) is 21.9 Å². The average molecular weight is 479 g/mol. The molecule has 2 aromatic carbocycles. The van der Waals surface area contributed by atoms with Crippen molar-refractivity contribution >= 4 is 50.7 Å². The number of halogens is 2. The number of hydrogen-bond donors (Lipinski definition) is 1. The van der Waals surface area contributed by atoms with Gasteiger partial charge >= 0.3 is 0 Å². The van der Waals surface area contributed by atoms with Crippen molar-refractivity contribution in [1.29, 1.82) is 0 Å². The molecule has 4 rings (SSSR count). The quantitative estimate of drug-likeness (QED) is 0.436. The molecule has 2 heterocycles. The van der Waals surface area contributed by atoms with E-state index in [0.29, 0.717) is 22.6 Å². The lowest BCUT2D eigenvalue weighted by molar-refractivity contribution is -0.113. The van der Waals surface area contributed by atoms with Gasteiger partial charge in [-0.15, -0.1) is 0 Å². The van der Waals surface area contributed by atoms with Crippen LogP contribution in [0.2, 0.25) is 5.02 Å². The third-order valence-corrected chi connectivity index (χ3v) is 7.59. The molecule has 11 heteroatoms. The SMILES string of the molecule is CCN1c2ccccc2-c2nc(SCC(=O)Nc3ccc(F)c(Cl)c3)ncc2S1(=O)=O. The maximum atomic E-state index is 13.2. The van der Waals surface area contributed by atoms with Gasteiger partial charge in [0.1, 0.15) is 10.7 Å². The highest BCUT2D eigenvalue weighted by Crippen LogP contribution is 2.41. The van der Waals surface area contributed by atoms with Crippen LogP contribution in [-0.4, -0.2) is 36.6 Å². The Morgan fingerprint density at radius 2 is 2.03 bits per heavy atom. The van der Waals surface area contributed by atoms with E-state index in [2.05, 4.69) is 15.3 Å². The van der Waals surface area contributed by atoms with Gasteiger partial charge in [0.15, 0.2) is 5.16 Å². The van der Waals surface area contributed by atoms with Gasteiger partial charge in [-0.25, -0.2) is 22.8 Å². The minimum absolute atomic E-state index is 0.0245. The summed E-state index contributed by atoms with van der Waals surface area (Å²) in [6, 6.07) is 11.0. The lowest BCUT2D eigenvalue weighted by atomic mass is 10.1. The van der Waals surface area contributed by atoms with Crippen LogP contribution in [0.1, 0.15) is 6.92 Å². The van der Waals surface area contributed by atoms with Crippen LogP contribution in [0.25, 0.3) is 11.3 Å². The molecular formula is C20H16ClFN4O3S2. The van der Waals surface area contributed by atoms with Gasteiger partial charge in [0, 0.05) is 17.8 Å². The first-order chi connectivity index (χ1) is 14.8. The van der Waals surface area contributed by atoms with Crippen LogP contribution in [0.3, 0.4) is 0 Å². The van der Waals surface area contributed by atoms with Gasteiger partial charge in [0.2, 0.25) is 5.91 Å². The molecule has 0 radical (unpaired) electrons. The Balaban J connectivity index is 1.56. The molecule has 1 aliphatic heterocycles. The Bertz CT molecular complexity index is 1290. The smallest absolute Gasteiger partial charge is 0.268 e. The fourth-order valence-corrected chi connectivity index (χ4v) is 5.56. The van der Waals surface area contributed by atoms with E-state index in [1.165, 1.54) is 22.6 Å². The molecule has 0 fully saturated rings. The van der Waals surface area contributed by atoms with Crippen LogP contribution in [0.5, 0.6) is 0 Å². The number of rotatable bonds is 5. The number of fused-ring (bicyclic) bond motifs is 3. The number of sulfonamides is 1. The first-order valence-electron chi connectivity index (χ1n) is 9.18. The number of nitrogens with one attached hydrogen (secondary N) is 1. The maximum absolute atomic E-state index is 13.2. The van der Waals surface area contributed by atoms with E-state index in [9.17, 15) is 17.6 Å². The summed E-state index contributed by atoms with van der Waals surface area (Å²) in [4.78, 5) is 20.8. The number of carbonyl (C=O) groups is 1. The van der Waals surface area contributed by atoms with Gasteiger partial charge in [-0.05, 0) is 31.2 Å². The number of hydrogen-bond acceptors (Lipinski definition) is 6. The monoisotopic (exact) mass is 478 g/mol. The molecule has 0 atom stereocenters. The molecular weight excluding hydrogens is 463 g/mol. The maximum Gasteiger partial charge on any atom is 0.268 e. The van der Waals surface area contributed by atoms with E-state index < -0.39 is 15.8 Å². The van der Waals surface area contributed by atoms with E-state index in [-0.39, 0.29) is 33.3 Å². The molecule has 160 valence electrons. The van der Waals surface area contributed by atoms with Gasteiger partial charge in [0.05, 0.1) is 28.4 Å². The third kappa shape index (κ3) is 4.10. The zero-order chi connectivity index (χ0) is 22.2. The van der Waals surface area contributed by atoms with Gasteiger partial charge in [-0.2, -0.15) is 0 Å². The summed E-state index contributed by atoms with van der Waals surface area (Å²) in [5, 5.41) is 2.79. The van der Waals surface area contributed by atoms with Gasteiger partial charge in [-0.1, -0.05) is 41.6 Å². The molecule has 3 aromatic rings. The lowest BCUT2D eigenvalue weighted by Crippen LogP contribution is -2.34. The van der Waals surface area contributed by atoms with Crippen molar-refractivity contribution < 1.29 is 17.6 Å². The van der Waals surface area contributed by atoms with E-state index >= 15 is 0 Å². The largest absolute Gasteiger partial charge is 0.325 e. The molecule has 0 saturated carbocycles. The summed E-state index contributed by atoms with van der Waals surface area (Å²) in [5.41, 5.74) is 1.91. The molecule has 0 bridgehead atoms. The van der Waals surface area contributed by atoms with Crippen molar-refractivity contribution in [3.05, 3.63) is 59.5 Å². The molecule has 1 amide bonds. The fraction of sp³-hybridized carbons (Fsp3) is 0.150. The summed E-state index contributed by atoms with van der Waals surface area (Å²) in [7, 11) is -3.77. The van der Waals surface area contributed by atoms with E-state index in [1.807, 2.05) is 6.07 Å². The van der Waals surface area contributed by atoms with Crippen molar-refractivity contribution in [2.24, 2.45) is 0 Å². The fourth-order valence-electron chi connectivity index (χ4n) is 3.19. The molecule has 0 aliphatic carbocycles. The minimum atomic E-state index is -3.77. The van der Waals surface area contributed by atoms with Crippen LogP contribution in [-0.2, 0) is 14.8 Å². The van der Waals surface area contributed by atoms with Crippen LogP contribution >= 0.6 is 23.4 Å². The zero-order valence-corrected chi connectivity index (χ0v) is 18.6. The molecule has 1 aliphatic rings. The molecule has 1 aromatic heterocycles. The van der Waals surface area contributed by atoms with E-state index in [1.54, 1.807) is 25.1 Å². The molecule has 1 N–H and O–H groups in total. The lowest BCUT2D eigenvalue weighted by Gasteiger charge is -2.30. The van der Waals surface area contributed by atoms with Gasteiger partial charge < -0.3 is 5.32 Å². The predicted octanol–water partition coefficient (Wildman–Crippen LogP) is 4.20. The number of aromatic nitrogens is 2. The highest BCUT2D eigenvalue weighted by Gasteiger charge is 2.35. The number of benzene rings is 2. The van der Waals surface area contributed by atoms with E-state index in [0.717, 1.165) is 17.8 Å². The Morgan fingerprint density at radius 3 is 2.77 bits per heavy atom. The summed E-state index contributed by atoms with van der Waals surface area (Å²) < 4.78 is 40.5. The molecule has 0 saturated heterocycles. The first kappa shape index (κ1) is 21.5. The number of anilines is 2. The van der Waals surface area contributed by atoms with Crippen molar-refractivity contribution in [1.82, 2.24) is 9.97 Å². The number of amides is 1. The summed E-state index contributed by atoms with van der Waals surface area (Å²) in [5.74, 6) is -0.962. The van der Waals surface area contributed by atoms with Crippen LogP contribution in [0.4, 0.5) is 15.8 Å². The second-order valence-electron chi connectivity index (χ2n) is 6.52. The second-order valence-corrected chi connectivity index (χ2v) is 9.70. The molecule has 0 unspecified atom stereocenters. The Kier molecular flexibility index (Phi) is 5.87. The van der Waals surface area contributed by atoms with Crippen molar-refractivity contribution in [3.8, 4) is 11.3 Å². The second kappa shape index (κ2) is 8.45. The number of carbonyl (C=O) groups excluding carboxylic acids is 1. The molecule has 31 heavy (non-hydrogen) atoms. The Morgan fingerprint density at radius 1 is 1.26 bits per heavy atom. The normalized spacial score (nSPS) is 14.0. The van der Waals surface area contributed by atoms with E-state index in [4.69, 9.17) is 11.6 Å². The first-order valence-corrected chi connectivity index (χ1v) is 12.0. The van der Waals surface area contributed by atoms with Crippen molar-refractivity contribution in [3.63, 3.8) is 0 Å². The number of nitrogens with zero attached hydrogens (tertiary/aromatic N) is 3. The Hall–Kier alpha value is -2.69. The highest BCUT2D eigenvalue weighted by molar-refractivity contribution is 7.99. The summed E-state index contributed by atoms with van der Waals surface area (Å²) in [6.07, 6.45) is 1.27. The minimum Gasteiger partial charge on any atom is -0.325 e. The van der Waals surface area contributed by atoms with Crippen LogP contribution in [0, 0.1) is 5.82 Å². The van der Waals surface area contributed by atoms with Crippen LogP contribution in [0.15, 0.2) is 58.7 Å². The highest BCUT2D eigenvalue weighted by atomic mass is 35.5. The number of para-hydroxylation sites is 1. The average Bonchev–Trinajstić information content (AvgIpc) is 2.75. The standard InChI is InChI=1S/C20H16ClFN4O3S2/c1-2-26-16-6-4-3-5-13(16)19-17(31(26,28)29)10-23-20(25-19)30-11-18(27)24-12-7-8-15(22)14(21)9-12/h3-10H,2,11H2,1H3,(H,24,27). The molecule has 7 nitrogen and oxygen atoms in total. The van der Waals surface area contributed by atoms with Crippen molar-refractivity contribution in [2.45, 2.75) is 17.0 Å². The summed E-state index contributed by atoms with van der Waals surface area (Å²) in [6.45, 7) is 2.04. The van der Waals surface area contributed by atoms with Crippen LogP contribution < -0.4 is 9.62 Å². The predicted molar refractivity (Wildman–Crippen MR) is 118 cm³/mol. The van der Waals surface area contributed by atoms with Gasteiger partial charge in [-0.3, -0.25) is 9.10 Å². The molecule has 0 spiro atoms. The number of thioether (sulfide) groups is 1.